The van der Waals surface area contributed by atoms with Gasteiger partial charge in [-0.15, -0.1) is 0 Å². The minimum Gasteiger partial charge on any atom is -0.326 e. The van der Waals surface area contributed by atoms with Gasteiger partial charge in [0.1, 0.15) is 0 Å². The average molecular weight is 228 g/mol. The Bertz CT molecular complexity index is 496. The molecule has 2 aromatic rings. The first-order chi connectivity index (χ1) is 8.35. The lowest BCUT2D eigenvalue weighted by molar-refractivity contribution is 0.683. The molecule has 0 amide bonds. The Hall–Kier alpha value is -1.68. The molecule has 1 aliphatic carbocycles. The SMILES string of the molecule is NCc1cnn(Cc2ccc(C3CC3)nc2)c1. The number of rotatable bonds is 4. The third-order valence-corrected chi connectivity index (χ3v) is 3.11. The maximum absolute atomic E-state index is 5.55. The van der Waals surface area contributed by atoms with E-state index in [0.29, 0.717) is 6.54 Å². The Morgan fingerprint density at radius 3 is 2.71 bits per heavy atom. The first-order valence-corrected chi connectivity index (χ1v) is 6.01. The van der Waals surface area contributed by atoms with Gasteiger partial charge in [-0.2, -0.15) is 5.10 Å². The molecule has 4 heteroatoms. The van der Waals surface area contributed by atoms with E-state index in [1.54, 1.807) is 0 Å². The second kappa shape index (κ2) is 4.30. The smallest absolute Gasteiger partial charge is 0.0674 e. The summed E-state index contributed by atoms with van der Waals surface area (Å²) in [5.74, 6) is 0.720. The van der Waals surface area contributed by atoms with E-state index in [2.05, 4.69) is 22.2 Å². The van der Waals surface area contributed by atoms with Crippen molar-refractivity contribution in [3.63, 3.8) is 0 Å². The van der Waals surface area contributed by atoms with Crippen molar-refractivity contribution in [1.29, 1.82) is 0 Å². The summed E-state index contributed by atoms with van der Waals surface area (Å²) in [6.45, 7) is 1.30. The predicted molar refractivity (Wildman–Crippen MR) is 65.4 cm³/mol. The van der Waals surface area contributed by atoms with Crippen molar-refractivity contribution >= 4 is 0 Å². The molecule has 2 N–H and O–H groups in total. The fourth-order valence-electron chi connectivity index (χ4n) is 1.94. The molecule has 2 aromatic heterocycles. The number of nitrogens with zero attached hydrogens (tertiary/aromatic N) is 3. The van der Waals surface area contributed by atoms with E-state index in [4.69, 9.17) is 5.73 Å². The molecule has 88 valence electrons. The highest BCUT2D eigenvalue weighted by atomic mass is 15.3. The molecule has 1 aliphatic rings. The van der Waals surface area contributed by atoms with Crippen molar-refractivity contribution in [3.05, 3.63) is 47.5 Å². The first-order valence-electron chi connectivity index (χ1n) is 6.01. The minimum absolute atomic E-state index is 0.541. The zero-order valence-corrected chi connectivity index (χ0v) is 9.71. The van der Waals surface area contributed by atoms with Crippen LogP contribution in [0.15, 0.2) is 30.7 Å². The van der Waals surface area contributed by atoms with E-state index < -0.39 is 0 Å². The van der Waals surface area contributed by atoms with E-state index >= 15 is 0 Å². The topological polar surface area (TPSA) is 56.7 Å². The lowest BCUT2D eigenvalue weighted by Gasteiger charge is -2.03. The van der Waals surface area contributed by atoms with Gasteiger partial charge in [-0.3, -0.25) is 9.67 Å². The summed E-state index contributed by atoms with van der Waals surface area (Å²) in [6.07, 6.45) is 8.34. The molecule has 17 heavy (non-hydrogen) atoms. The minimum atomic E-state index is 0.541. The summed E-state index contributed by atoms with van der Waals surface area (Å²) in [5, 5.41) is 4.26. The Labute approximate surface area is 100 Å². The fraction of sp³-hybridized carbons (Fsp3) is 0.385. The zero-order valence-electron chi connectivity index (χ0n) is 9.71. The Morgan fingerprint density at radius 2 is 2.12 bits per heavy atom. The quantitative estimate of drug-likeness (QED) is 0.866. The van der Waals surface area contributed by atoms with Crippen LogP contribution in [0.3, 0.4) is 0 Å². The summed E-state index contributed by atoms with van der Waals surface area (Å²) < 4.78 is 1.90. The van der Waals surface area contributed by atoms with Gasteiger partial charge in [0, 0.05) is 36.1 Å². The van der Waals surface area contributed by atoms with Crippen LogP contribution in [0.4, 0.5) is 0 Å². The summed E-state index contributed by atoms with van der Waals surface area (Å²) in [5.41, 5.74) is 9.03. The molecule has 0 saturated heterocycles. The highest BCUT2D eigenvalue weighted by Gasteiger charge is 2.24. The molecule has 1 saturated carbocycles. The van der Waals surface area contributed by atoms with E-state index in [-0.39, 0.29) is 0 Å². The Balaban J connectivity index is 1.71. The highest BCUT2D eigenvalue weighted by Crippen LogP contribution is 2.38. The van der Waals surface area contributed by atoms with Crippen LogP contribution in [0.25, 0.3) is 0 Å². The van der Waals surface area contributed by atoms with Gasteiger partial charge < -0.3 is 5.73 Å². The molecule has 0 unspecified atom stereocenters. The summed E-state index contributed by atoms with van der Waals surface area (Å²) in [6, 6.07) is 4.28. The van der Waals surface area contributed by atoms with Gasteiger partial charge in [0.2, 0.25) is 0 Å². The summed E-state index contributed by atoms with van der Waals surface area (Å²) in [4.78, 5) is 4.50. The zero-order chi connectivity index (χ0) is 11.7. The van der Waals surface area contributed by atoms with Crippen LogP contribution in [-0.4, -0.2) is 14.8 Å². The van der Waals surface area contributed by atoms with Crippen LogP contribution in [0.1, 0.15) is 35.6 Å². The predicted octanol–water partition coefficient (Wildman–Crippen LogP) is 1.66. The number of hydrogen-bond acceptors (Lipinski definition) is 3. The number of aromatic nitrogens is 3. The highest BCUT2D eigenvalue weighted by molar-refractivity contribution is 5.20. The number of pyridine rings is 1. The van der Waals surface area contributed by atoms with Crippen molar-refractivity contribution < 1.29 is 0 Å². The van der Waals surface area contributed by atoms with Crippen molar-refractivity contribution in [2.24, 2.45) is 5.73 Å². The number of nitrogens with two attached hydrogens (primary N) is 1. The largest absolute Gasteiger partial charge is 0.326 e. The van der Waals surface area contributed by atoms with Crippen molar-refractivity contribution in [2.45, 2.75) is 31.8 Å². The second-order valence-electron chi connectivity index (χ2n) is 4.62. The van der Waals surface area contributed by atoms with Crippen molar-refractivity contribution in [2.75, 3.05) is 0 Å². The molecule has 3 rings (SSSR count). The lowest BCUT2D eigenvalue weighted by atomic mass is 10.2. The van der Waals surface area contributed by atoms with Crippen LogP contribution in [0.5, 0.6) is 0 Å². The maximum atomic E-state index is 5.55. The van der Waals surface area contributed by atoms with Crippen LogP contribution in [-0.2, 0) is 13.1 Å². The van der Waals surface area contributed by atoms with Crippen molar-refractivity contribution in [1.82, 2.24) is 14.8 Å². The molecule has 1 fully saturated rings. The van der Waals surface area contributed by atoms with Gasteiger partial charge in [0.25, 0.3) is 0 Å². The van der Waals surface area contributed by atoms with Gasteiger partial charge in [-0.25, -0.2) is 0 Å². The van der Waals surface area contributed by atoms with Gasteiger partial charge in [0.15, 0.2) is 0 Å². The molecule has 0 aromatic carbocycles. The third-order valence-electron chi connectivity index (χ3n) is 3.11. The maximum Gasteiger partial charge on any atom is 0.0674 e. The fourth-order valence-corrected chi connectivity index (χ4v) is 1.94. The van der Waals surface area contributed by atoms with Crippen LogP contribution >= 0.6 is 0 Å². The van der Waals surface area contributed by atoms with Gasteiger partial charge in [-0.05, 0) is 24.5 Å². The molecular formula is C13H16N4. The van der Waals surface area contributed by atoms with Gasteiger partial charge in [-0.1, -0.05) is 6.07 Å². The van der Waals surface area contributed by atoms with Gasteiger partial charge in [0.05, 0.1) is 12.7 Å². The van der Waals surface area contributed by atoms with E-state index in [1.165, 1.54) is 24.1 Å². The molecule has 2 heterocycles. The molecule has 0 radical (unpaired) electrons. The lowest BCUT2D eigenvalue weighted by Crippen LogP contribution is -2.01. The summed E-state index contributed by atoms with van der Waals surface area (Å²) in [7, 11) is 0. The molecule has 0 atom stereocenters. The molecular weight excluding hydrogens is 212 g/mol. The van der Waals surface area contributed by atoms with Gasteiger partial charge >= 0.3 is 0 Å². The number of hydrogen-bond donors (Lipinski definition) is 1. The molecule has 0 aliphatic heterocycles. The van der Waals surface area contributed by atoms with Crippen LogP contribution < -0.4 is 5.73 Å². The van der Waals surface area contributed by atoms with E-state index in [0.717, 1.165) is 18.0 Å². The third kappa shape index (κ3) is 2.36. The summed E-state index contributed by atoms with van der Waals surface area (Å²) >= 11 is 0. The first kappa shape index (κ1) is 10.5. The molecule has 0 bridgehead atoms. The standard InChI is InChI=1S/C13H16N4/c14-5-11-7-16-17(9-11)8-10-1-4-13(15-6-10)12-2-3-12/h1,4,6-7,9,12H,2-3,5,8,14H2. The van der Waals surface area contributed by atoms with Crippen molar-refractivity contribution in [3.8, 4) is 0 Å². The second-order valence-corrected chi connectivity index (χ2v) is 4.62. The Morgan fingerprint density at radius 1 is 1.24 bits per heavy atom. The van der Waals surface area contributed by atoms with E-state index in [9.17, 15) is 0 Å². The molecule has 0 spiro atoms. The molecule has 4 nitrogen and oxygen atoms in total. The monoisotopic (exact) mass is 228 g/mol. The van der Waals surface area contributed by atoms with E-state index in [1.807, 2.05) is 23.3 Å². The van der Waals surface area contributed by atoms with Crippen LogP contribution in [0.2, 0.25) is 0 Å². The average Bonchev–Trinajstić information content (AvgIpc) is 3.11. The van der Waals surface area contributed by atoms with Crippen LogP contribution in [0, 0.1) is 0 Å². The Kier molecular flexibility index (Phi) is 2.65. The normalized spacial score (nSPS) is 15.1.